The first kappa shape index (κ1) is 12.9. The Kier molecular flexibility index (Phi) is 4.86. The molecule has 1 aliphatic rings. The molecule has 0 heterocycles. The van der Waals surface area contributed by atoms with Crippen molar-refractivity contribution in [3.63, 3.8) is 0 Å². The van der Waals surface area contributed by atoms with Crippen molar-refractivity contribution in [2.45, 2.75) is 36.6 Å². The van der Waals surface area contributed by atoms with Crippen molar-refractivity contribution in [3.05, 3.63) is 30.1 Å². The van der Waals surface area contributed by atoms with Gasteiger partial charge in [-0.05, 0) is 56.2 Å². The van der Waals surface area contributed by atoms with Gasteiger partial charge in [0.25, 0.3) is 0 Å². The fourth-order valence-electron chi connectivity index (χ4n) is 2.65. The zero-order valence-corrected chi connectivity index (χ0v) is 11.1. The highest BCUT2D eigenvalue weighted by Gasteiger charge is 2.25. The van der Waals surface area contributed by atoms with Crippen LogP contribution in [0, 0.1) is 11.7 Å². The molecule has 0 bridgehead atoms. The summed E-state index contributed by atoms with van der Waals surface area (Å²) in [6, 6.07) is 7.58. The van der Waals surface area contributed by atoms with Crippen molar-refractivity contribution in [1.82, 2.24) is 5.32 Å². The molecule has 1 aromatic carbocycles. The van der Waals surface area contributed by atoms with Gasteiger partial charge in [0.15, 0.2) is 0 Å². The van der Waals surface area contributed by atoms with Crippen molar-refractivity contribution < 1.29 is 4.39 Å². The van der Waals surface area contributed by atoms with E-state index in [1.165, 1.54) is 31.7 Å². The van der Waals surface area contributed by atoms with Crippen molar-refractivity contribution in [1.29, 1.82) is 0 Å². The lowest BCUT2D eigenvalue weighted by atomic mass is 10.0. The van der Waals surface area contributed by atoms with Crippen LogP contribution in [0.5, 0.6) is 0 Å². The van der Waals surface area contributed by atoms with Gasteiger partial charge >= 0.3 is 0 Å². The number of thioether (sulfide) groups is 1. The number of hydrogen-bond donors (Lipinski definition) is 1. The minimum atomic E-state index is -0.135. The van der Waals surface area contributed by atoms with Crippen LogP contribution in [0.15, 0.2) is 29.2 Å². The van der Waals surface area contributed by atoms with E-state index in [1.807, 2.05) is 6.07 Å². The highest BCUT2D eigenvalue weighted by Crippen LogP contribution is 2.30. The first-order valence-electron chi connectivity index (χ1n) is 6.35. The van der Waals surface area contributed by atoms with Gasteiger partial charge in [-0.25, -0.2) is 4.39 Å². The average molecular weight is 253 g/mol. The molecule has 2 atom stereocenters. The molecule has 3 heteroatoms. The van der Waals surface area contributed by atoms with Crippen molar-refractivity contribution in [3.8, 4) is 0 Å². The lowest BCUT2D eigenvalue weighted by molar-refractivity contribution is 0.417. The van der Waals surface area contributed by atoms with E-state index in [4.69, 9.17) is 0 Å². The molecule has 0 aromatic heterocycles. The SMILES string of the molecule is CNC1CCCC1CCSc1cccc(F)c1. The van der Waals surface area contributed by atoms with Gasteiger partial charge < -0.3 is 5.32 Å². The maximum atomic E-state index is 13.0. The first-order chi connectivity index (χ1) is 8.29. The van der Waals surface area contributed by atoms with Crippen molar-refractivity contribution in [2.24, 2.45) is 5.92 Å². The van der Waals surface area contributed by atoms with E-state index in [2.05, 4.69) is 12.4 Å². The molecule has 1 nitrogen and oxygen atoms in total. The Hall–Kier alpha value is -0.540. The van der Waals surface area contributed by atoms with Gasteiger partial charge in [0, 0.05) is 10.9 Å². The second kappa shape index (κ2) is 6.41. The van der Waals surface area contributed by atoms with Crippen LogP contribution in [0.25, 0.3) is 0 Å². The van der Waals surface area contributed by atoms with Gasteiger partial charge in [-0.3, -0.25) is 0 Å². The van der Waals surface area contributed by atoms with E-state index in [-0.39, 0.29) is 5.82 Å². The Balaban J connectivity index is 1.76. The van der Waals surface area contributed by atoms with Gasteiger partial charge in [-0.2, -0.15) is 0 Å². The van der Waals surface area contributed by atoms with E-state index in [1.54, 1.807) is 23.9 Å². The molecule has 94 valence electrons. The Morgan fingerprint density at radius 2 is 2.29 bits per heavy atom. The smallest absolute Gasteiger partial charge is 0.124 e. The Labute approximate surface area is 107 Å². The van der Waals surface area contributed by atoms with Gasteiger partial charge in [0.05, 0.1) is 0 Å². The molecule has 0 saturated heterocycles. The zero-order valence-electron chi connectivity index (χ0n) is 10.3. The minimum Gasteiger partial charge on any atom is -0.317 e. The second-order valence-electron chi connectivity index (χ2n) is 4.68. The summed E-state index contributed by atoms with van der Waals surface area (Å²) >= 11 is 1.77. The summed E-state index contributed by atoms with van der Waals surface area (Å²) in [4.78, 5) is 1.05. The number of benzene rings is 1. The Morgan fingerprint density at radius 1 is 1.41 bits per heavy atom. The van der Waals surface area contributed by atoms with E-state index < -0.39 is 0 Å². The summed E-state index contributed by atoms with van der Waals surface area (Å²) in [6.45, 7) is 0. The molecule has 1 aliphatic carbocycles. The lowest BCUT2D eigenvalue weighted by Crippen LogP contribution is -2.29. The summed E-state index contributed by atoms with van der Waals surface area (Å²) in [5.74, 6) is 1.76. The molecule has 17 heavy (non-hydrogen) atoms. The molecule has 1 fully saturated rings. The minimum absolute atomic E-state index is 0.135. The van der Waals surface area contributed by atoms with Crippen LogP contribution in [0.3, 0.4) is 0 Å². The van der Waals surface area contributed by atoms with E-state index in [0.717, 1.165) is 16.6 Å². The average Bonchev–Trinajstić information content (AvgIpc) is 2.77. The molecule has 2 unspecified atom stereocenters. The molecular weight excluding hydrogens is 233 g/mol. The molecule has 2 rings (SSSR count). The van der Waals surface area contributed by atoms with Crippen LogP contribution >= 0.6 is 11.8 Å². The third-order valence-electron chi connectivity index (χ3n) is 3.58. The number of rotatable bonds is 5. The van der Waals surface area contributed by atoms with Crippen LogP contribution in [0.2, 0.25) is 0 Å². The summed E-state index contributed by atoms with van der Waals surface area (Å²) in [6.07, 6.45) is 5.23. The molecule has 1 saturated carbocycles. The maximum absolute atomic E-state index is 13.0. The predicted molar refractivity (Wildman–Crippen MR) is 71.9 cm³/mol. The van der Waals surface area contributed by atoms with Gasteiger partial charge in [0.2, 0.25) is 0 Å². The normalized spacial score (nSPS) is 24.1. The number of nitrogens with one attached hydrogen (secondary N) is 1. The van der Waals surface area contributed by atoms with E-state index >= 15 is 0 Å². The molecular formula is C14H20FNS. The maximum Gasteiger partial charge on any atom is 0.124 e. The molecule has 1 N–H and O–H groups in total. The largest absolute Gasteiger partial charge is 0.317 e. The highest BCUT2D eigenvalue weighted by molar-refractivity contribution is 7.99. The van der Waals surface area contributed by atoms with Crippen LogP contribution in [-0.2, 0) is 0 Å². The van der Waals surface area contributed by atoms with Gasteiger partial charge in [0.1, 0.15) is 5.82 Å². The van der Waals surface area contributed by atoms with Crippen LogP contribution in [-0.4, -0.2) is 18.8 Å². The zero-order chi connectivity index (χ0) is 12.1. The topological polar surface area (TPSA) is 12.0 Å². The Bertz CT molecular complexity index is 356. The summed E-state index contributed by atoms with van der Waals surface area (Å²) in [5.41, 5.74) is 0. The number of hydrogen-bond acceptors (Lipinski definition) is 2. The lowest BCUT2D eigenvalue weighted by Gasteiger charge is -2.18. The molecule has 1 aromatic rings. The third-order valence-corrected chi connectivity index (χ3v) is 4.61. The molecule has 0 spiro atoms. The third kappa shape index (κ3) is 3.71. The van der Waals surface area contributed by atoms with Crippen LogP contribution in [0.1, 0.15) is 25.7 Å². The number of halogens is 1. The van der Waals surface area contributed by atoms with Crippen LogP contribution < -0.4 is 5.32 Å². The monoisotopic (exact) mass is 253 g/mol. The van der Waals surface area contributed by atoms with Crippen molar-refractivity contribution in [2.75, 3.05) is 12.8 Å². The summed E-state index contributed by atoms with van der Waals surface area (Å²) in [5, 5.41) is 3.40. The van der Waals surface area contributed by atoms with Gasteiger partial charge in [-0.15, -0.1) is 11.8 Å². The second-order valence-corrected chi connectivity index (χ2v) is 5.85. The van der Waals surface area contributed by atoms with E-state index in [9.17, 15) is 4.39 Å². The Morgan fingerprint density at radius 3 is 3.06 bits per heavy atom. The summed E-state index contributed by atoms with van der Waals surface area (Å²) < 4.78 is 13.0. The standard InChI is InChI=1S/C14H20FNS/c1-16-14-7-2-4-11(14)8-9-17-13-6-3-5-12(15)10-13/h3,5-6,10-11,14,16H,2,4,7-9H2,1H3. The van der Waals surface area contributed by atoms with Crippen LogP contribution in [0.4, 0.5) is 4.39 Å². The predicted octanol–water partition coefficient (Wildman–Crippen LogP) is 3.70. The van der Waals surface area contributed by atoms with Gasteiger partial charge in [-0.1, -0.05) is 12.5 Å². The molecule has 0 radical (unpaired) electrons. The molecule has 0 amide bonds. The molecule has 0 aliphatic heterocycles. The first-order valence-corrected chi connectivity index (χ1v) is 7.34. The fourth-order valence-corrected chi connectivity index (χ4v) is 3.67. The quantitative estimate of drug-likeness (QED) is 0.803. The fraction of sp³-hybridized carbons (Fsp3) is 0.571. The summed E-state index contributed by atoms with van der Waals surface area (Å²) in [7, 11) is 2.06. The van der Waals surface area contributed by atoms with Crippen molar-refractivity contribution >= 4 is 11.8 Å². The van der Waals surface area contributed by atoms with E-state index in [0.29, 0.717) is 6.04 Å². The highest BCUT2D eigenvalue weighted by atomic mass is 32.2.